The van der Waals surface area contributed by atoms with Crippen LogP contribution in [0.25, 0.3) is 0 Å². The molecule has 0 radical (unpaired) electrons. The van der Waals surface area contributed by atoms with Crippen LogP contribution in [0.1, 0.15) is 31.4 Å². The predicted octanol–water partition coefficient (Wildman–Crippen LogP) is 4.13. The van der Waals surface area contributed by atoms with Gasteiger partial charge in [0.25, 0.3) is 11.8 Å². The molecule has 2 aromatic carbocycles. The van der Waals surface area contributed by atoms with Gasteiger partial charge in [0.05, 0.1) is 13.2 Å². The van der Waals surface area contributed by atoms with Crippen molar-refractivity contribution in [3.63, 3.8) is 0 Å². The lowest BCUT2D eigenvalue weighted by Crippen LogP contribution is -2.56. The Labute approximate surface area is 260 Å². The Bertz CT molecular complexity index is 1590. The maximum Gasteiger partial charge on any atom is 0.328 e. The van der Waals surface area contributed by atoms with E-state index in [9.17, 15) is 32.3 Å². The molecule has 3 aromatic rings. The lowest BCUT2D eigenvalue weighted by atomic mass is 9.87. The van der Waals surface area contributed by atoms with Crippen molar-refractivity contribution in [1.29, 1.82) is 0 Å². The van der Waals surface area contributed by atoms with Gasteiger partial charge in [0, 0.05) is 47.6 Å². The maximum absolute atomic E-state index is 14.7. The Morgan fingerprint density at radius 3 is 2.47 bits per heavy atom. The van der Waals surface area contributed by atoms with Crippen molar-refractivity contribution in [1.82, 2.24) is 20.2 Å². The summed E-state index contributed by atoms with van der Waals surface area (Å²) in [5.74, 6) is -6.30. The topological polar surface area (TPSA) is 125 Å². The van der Waals surface area contributed by atoms with Crippen LogP contribution in [-0.2, 0) is 19.1 Å². The maximum atomic E-state index is 14.7. The molecule has 1 saturated heterocycles. The number of hydrogen-bond acceptors (Lipinski definition) is 7. The molecule has 2 atom stereocenters. The van der Waals surface area contributed by atoms with Crippen LogP contribution >= 0.6 is 11.6 Å². The molecule has 11 nitrogen and oxygen atoms in total. The van der Waals surface area contributed by atoms with Gasteiger partial charge in [-0.15, -0.1) is 0 Å². The van der Waals surface area contributed by atoms with Crippen molar-refractivity contribution < 1.29 is 37.1 Å². The zero-order chi connectivity index (χ0) is 32.3. The first-order chi connectivity index (χ1) is 21.5. The molecule has 4 amide bonds. The van der Waals surface area contributed by atoms with E-state index < -0.39 is 73.1 Å². The second-order valence-electron chi connectivity index (χ2n) is 10.5. The van der Waals surface area contributed by atoms with Crippen LogP contribution < -0.4 is 15.1 Å². The van der Waals surface area contributed by atoms with Crippen molar-refractivity contribution >= 4 is 47.1 Å². The number of anilines is 2. The van der Waals surface area contributed by atoms with Gasteiger partial charge in [0.2, 0.25) is 11.9 Å². The third-order valence-corrected chi connectivity index (χ3v) is 7.67. The summed E-state index contributed by atoms with van der Waals surface area (Å²) in [6, 6.07) is 7.79. The van der Waals surface area contributed by atoms with E-state index >= 15 is 0 Å². The summed E-state index contributed by atoms with van der Waals surface area (Å²) < 4.78 is 47.0. The van der Waals surface area contributed by atoms with E-state index in [1.807, 2.05) is 0 Å². The Hall–Kier alpha value is -4.72. The molecule has 2 fully saturated rings. The summed E-state index contributed by atoms with van der Waals surface area (Å²) in [7, 11) is 0. The van der Waals surface area contributed by atoms with Crippen LogP contribution in [0.15, 0.2) is 67.0 Å². The first kappa shape index (κ1) is 31.7. The molecule has 5 rings (SSSR count). The highest BCUT2D eigenvalue weighted by molar-refractivity contribution is 6.31. The summed E-state index contributed by atoms with van der Waals surface area (Å²) in [4.78, 5) is 65.9. The Morgan fingerprint density at radius 2 is 1.82 bits per heavy atom. The largest absolute Gasteiger partial charge is 0.465 e. The minimum absolute atomic E-state index is 0.0592. The molecular formula is C30H28ClF3N6O5. The molecule has 2 heterocycles. The van der Waals surface area contributed by atoms with E-state index in [0.717, 1.165) is 26.8 Å². The van der Waals surface area contributed by atoms with Crippen LogP contribution in [0.5, 0.6) is 0 Å². The van der Waals surface area contributed by atoms with E-state index in [-0.39, 0.29) is 35.4 Å². The van der Waals surface area contributed by atoms with Crippen LogP contribution in [0.2, 0.25) is 5.02 Å². The van der Waals surface area contributed by atoms with Crippen molar-refractivity contribution in [2.45, 2.75) is 43.8 Å². The molecule has 0 spiro atoms. The first-order valence-electron chi connectivity index (χ1n) is 14.0. The van der Waals surface area contributed by atoms with Gasteiger partial charge in [-0.3, -0.25) is 19.3 Å². The Kier molecular flexibility index (Phi) is 9.23. The molecule has 1 aliphatic heterocycles. The molecule has 1 aliphatic carbocycles. The molecule has 2 aliphatic rings. The Balaban J connectivity index is 1.61. The minimum Gasteiger partial charge on any atom is -0.465 e. The van der Waals surface area contributed by atoms with Crippen molar-refractivity contribution in [3.05, 3.63) is 83.4 Å². The fourth-order valence-electron chi connectivity index (χ4n) is 5.31. The van der Waals surface area contributed by atoms with Crippen molar-refractivity contribution in [3.8, 4) is 0 Å². The molecule has 45 heavy (non-hydrogen) atoms. The number of esters is 1. The van der Waals surface area contributed by atoms with Gasteiger partial charge in [-0.2, -0.15) is 0 Å². The number of halogens is 4. The summed E-state index contributed by atoms with van der Waals surface area (Å²) >= 11 is 6.52. The predicted molar refractivity (Wildman–Crippen MR) is 156 cm³/mol. The number of rotatable bonds is 10. The quantitative estimate of drug-likeness (QED) is 0.329. The number of nitrogens with one attached hydrogen (secondary N) is 1. The van der Waals surface area contributed by atoms with Gasteiger partial charge in [-0.25, -0.2) is 32.8 Å². The molecule has 0 bridgehead atoms. The highest BCUT2D eigenvalue weighted by Crippen LogP contribution is 2.39. The van der Waals surface area contributed by atoms with E-state index in [4.69, 9.17) is 16.3 Å². The van der Waals surface area contributed by atoms with Crippen LogP contribution in [0, 0.1) is 5.82 Å². The zero-order valence-corrected chi connectivity index (χ0v) is 24.7. The minimum atomic E-state index is -2.95. The third-order valence-electron chi connectivity index (χ3n) is 7.33. The van der Waals surface area contributed by atoms with Gasteiger partial charge in [-0.1, -0.05) is 35.9 Å². The molecule has 1 saturated carbocycles. The monoisotopic (exact) mass is 644 g/mol. The third kappa shape index (κ3) is 6.85. The fraction of sp³-hybridized carbons (Fsp3) is 0.333. The van der Waals surface area contributed by atoms with Gasteiger partial charge >= 0.3 is 12.0 Å². The van der Waals surface area contributed by atoms with Gasteiger partial charge in [-0.05, 0) is 37.3 Å². The number of hydrogen-bond donors (Lipinski definition) is 1. The highest BCUT2D eigenvalue weighted by atomic mass is 35.5. The number of ether oxygens (including phenoxy) is 1. The lowest BCUT2D eigenvalue weighted by molar-refractivity contribution is -0.143. The van der Waals surface area contributed by atoms with E-state index in [1.165, 1.54) is 42.7 Å². The van der Waals surface area contributed by atoms with E-state index in [0.29, 0.717) is 0 Å². The smallest absolute Gasteiger partial charge is 0.328 e. The van der Waals surface area contributed by atoms with Crippen LogP contribution in [0.4, 0.5) is 29.6 Å². The Morgan fingerprint density at radius 1 is 1.11 bits per heavy atom. The lowest BCUT2D eigenvalue weighted by Gasteiger charge is -2.39. The molecule has 236 valence electrons. The fourth-order valence-corrected chi connectivity index (χ4v) is 5.54. The summed E-state index contributed by atoms with van der Waals surface area (Å²) in [5, 5.41) is 2.64. The van der Waals surface area contributed by atoms with Gasteiger partial charge in [0.15, 0.2) is 0 Å². The number of aromatic nitrogens is 2. The van der Waals surface area contributed by atoms with Crippen molar-refractivity contribution in [2.24, 2.45) is 0 Å². The van der Waals surface area contributed by atoms with Crippen LogP contribution in [0.3, 0.4) is 0 Å². The van der Waals surface area contributed by atoms with Crippen LogP contribution in [-0.4, -0.2) is 76.4 Å². The number of carbonyl (C=O) groups is 4. The second-order valence-corrected chi connectivity index (χ2v) is 10.9. The second kappa shape index (κ2) is 13.1. The molecular weight excluding hydrogens is 617 g/mol. The highest BCUT2D eigenvalue weighted by Gasteiger charge is 2.50. The van der Waals surface area contributed by atoms with Gasteiger partial charge in [0.1, 0.15) is 24.4 Å². The summed E-state index contributed by atoms with van der Waals surface area (Å²) in [6.07, 6.45) is 1.51. The number of amides is 4. The normalized spacial score (nSPS) is 18.2. The summed E-state index contributed by atoms with van der Waals surface area (Å²) in [5.41, 5.74) is 0.0415. The van der Waals surface area contributed by atoms with E-state index in [1.54, 1.807) is 19.1 Å². The number of alkyl halides is 2. The number of carbonyl (C=O) groups excluding carboxylic acids is 4. The molecule has 1 aromatic heterocycles. The van der Waals surface area contributed by atoms with Gasteiger partial charge < -0.3 is 15.0 Å². The SMILES string of the molecule is CCOC(=O)CN1C[C@@H](C(=O)N(c2cccc(F)c2)C(C(=O)NC2CC(F)(F)C2)c2ccccc2Cl)N(c2ncccn2)C1=O. The standard InChI is InChI=1S/C30H28ClF3N6O5/c1-2-45-24(41)17-38-16-23(40(29(38)44)28-35-11-6-12-36-28)27(43)39(20-8-5-7-18(32)13-20)25(21-9-3-4-10-22(21)31)26(42)37-19-14-30(33,34)15-19/h3-13,19,23,25H,2,14-17H2,1H3,(H,37,42)/t23-,25?/m0/s1. The number of urea groups is 1. The average molecular weight is 645 g/mol. The molecule has 1 N–H and O–H groups in total. The van der Waals surface area contributed by atoms with E-state index in [2.05, 4.69) is 15.3 Å². The zero-order valence-electron chi connectivity index (χ0n) is 23.9. The first-order valence-corrected chi connectivity index (χ1v) is 14.4. The number of nitrogens with zero attached hydrogens (tertiary/aromatic N) is 5. The summed E-state index contributed by atoms with van der Waals surface area (Å²) in [6.45, 7) is 0.807. The van der Waals surface area contributed by atoms with Crippen molar-refractivity contribution in [2.75, 3.05) is 29.5 Å². The number of benzene rings is 2. The molecule has 1 unspecified atom stereocenters. The average Bonchev–Trinajstić information content (AvgIpc) is 3.31. The molecule has 15 heteroatoms.